The normalized spacial score (nSPS) is 13.2. The molecule has 6 heteroatoms. The van der Waals surface area contributed by atoms with Crippen molar-refractivity contribution in [3.05, 3.63) is 0 Å². The molecule has 0 aliphatic heterocycles. The Bertz CT molecular complexity index is 209. The second kappa shape index (κ2) is 10.4. The van der Waals surface area contributed by atoms with E-state index in [1.165, 1.54) is 0 Å². The van der Waals surface area contributed by atoms with E-state index in [0.29, 0.717) is 0 Å². The molecule has 4 N–H and O–H groups in total. The van der Waals surface area contributed by atoms with Crippen molar-refractivity contribution >= 4 is 11.9 Å². The maximum absolute atomic E-state index is 10.5. The molecule has 2 atom stereocenters. The van der Waals surface area contributed by atoms with Crippen molar-refractivity contribution in [1.82, 2.24) is 10.6 Å². The first kappa shape index (κ1) is 17.3. The highest BCUT2D eigenvalue weighted by Gasteiger charge is 2.20. The van der Waals surface area contributed by atoms with E-state index < -0.39 is 18.0 Å². The standard InChI is InChI=1S/C7H15NO2.C3H7NO2/c1-4-5(2)6(8-3)7(9)10;1-4-2-3(5)6/h5-6,8H,4H2,1-3H3,(H,9,10);4H,2H2,1H3,(H,5,6)/t5-,6-;/m0./s1. The molecule has 0 saturated carbocycles. The van der Waals surface area contributed by atoms with E-state index in [4.69, 9.17) is 10.2 Å². The minimum atomic E-state index is -0.822. The lowest BCUT2D eigenvalue weighted by Crippen LogP contribution is -2.39. The van der Waals surface area contributed by atoms with Crippen LogP contribution in [0.25, 0.3) is 0 Å². The van der Waals surface area contributed by atoms with Gasteiger partial charge >= 0.3 is 11.9 Å². The summed E-state index contributed by atoms with van der Waals surface area (Å²) in [4.78, 5) is 20.0. The molecule has 0 amide bonds. The van der Waals surface area contributed by atoms with E-state index in [-0.39, 0.29) is 12.5 Å². The van der Waals surface area contributed by atoms with Gasteiger partial charge in [0.05, 0.1) is 6.54 Å². The molecule has 0 aromatic carbocycles. The summed E-state index contributed by atoms with van der Waals surface area (Å²) in [5, 5.41) is 21.7. The Morgan fingerprint density at radius 2 is 1.75 bits per heavy atom. The topological polar surface area (TPSA) is 98.7 Å². The largest absolute Gasteiger partial charge is 0.480 e. The molecule has 0 heterocycles. The molecule has 16 heavy (non-hydrogen) atoms. The Labute approximate surface area is 96.0 Å². The Kier molecular flexibility index (Phi) is 11.2. The third kappa shape index (κ3) is 9.42. The lowest BCUT2D eigenvalue weighted by molar-refractivity contribution is -0.140. The van der Waals surface area contributed by atoms with Gasteiger partial charge in [0, 0.05) is 0 Å². The number of rotatable bonds is 6. The molecule has 0 rings (SSSR count). The van der Waals surface area contributed by atoms with Gasteiger partial charge in [0.2, 0.25) is 0 Å². The molecule has 96 valence electrons. The van der Waals surface area contributed by atoms with E-state index >= 15 is 0 Å². The minimum absolute atomic E-state index is 0.0417. The van der Waals surface area contributed by atoms with Crippen LogP contribution in [-0.2, 0) is 9.59 Å². The van der Waals surface area contributed by atoms with Crippen molar-refractivity contribution in [2.24, 2.45) is 5.92 Å². The lowest BCUT2D eigenvalue weighted by atomic mass is 10.00. The molecule has 0 aromatic heterocycles. The maximum Gasteiger partial charge on any atom is 0.320 e. The summed E-state index contributed by atoms with van der Waals surface area (Å²) in [6.07, 6.45) is 0.887. The zero-order valence-electron chi connectivity index (χ0n) is 10.3. The van der Waals surface area contributed by atoms with Crippen LogP contribution in [0.15, 0.2) is 0 Å². The van der Waals surface area contributed by atoms with E-state index in [1.807, 2.05) is 13.8 Å². The van der Waals surface area contributed by atoms with Gasteiger partial charge in [0.25, 0.3) is 0 Å². The molecule has 0 aliphatic carbocycles. The fraction of sp³-hybridized carbons (Fsp3) is 0.800. The molecular formula is C10H22N2O4. The fourth-order valence-corrected chi connectivity index (χ4v) is 1.04. The van der Waals surface area contributed by atoms with Crippen molar-refractivity contribution in [1.29, 1.82) is 0 Å². The second-order valence-corrected chi connectivity index (χ2v) is 3.41. The SMILES string of the molecule is CC[C@H](C)[C@H](NC)C(=O)O.CNCC(=O)O. The molecule has 0 unspecified atom stereocenters. The van der Waals surface area contributed by atoms with Crippen LogP contribution in [0.5, 0.6) is 0 Å². The second-order valence-electron chi connectivity index (χ2n) is 3.41. The zero-order chi connectivity index (χ0) is 13.1. The number of hydrogen-bond donors (Lipinski definition) is 4. The quantitative estimate of drug-likeness (QED) is 0.516. The minimum Gasteiger partial charge on any atom is -0.480 e. The van der Waals surface area contributed by atoms with Gasteiger partial charge in [-0.15, -0.1) is 0 Å². The molecule has 0 spiro atoms. The first-order valence-corrected chi connectivity index (χ1v) is 5.17. The third-order valence-corrected chi connectivity index (χ3v) is 2.12. The predicted octanol–water partition coefficient (Wildman–Crippen LogP) is -0.00450. The average Bonchev–Trinajstić information content (AvgIpc) is 2.18. The highest BCUT2D eigenvalue weighted by atomic mass is 16.4. The molecule has 0 radical (unpaired) electrons. The van der Waals surface area contributed by atoms with E-state index in [0.717, 1.165) is 6.42 Å². The van der Waals surface area contributed by atoms with Crippen molar-refractivity contribution in [3.8, 4) is 0 Å². The first-order valence-electron chi connectivity index (χ1n) is 5.17. The van der Waals surface area contributed by atoms with Gasteiger partial charge in [0.15, 0.2) is 0 Å². The molecule has 0 aliphatic rings. The number of carboxylic acids is 2. The predicted molar refractivity (Wildman–Crippen MR) is 61.5 cm³/mol. The Hall–Kier alpha value is -1.14. The van der Waals surface area contributed by atoms with Crippen LogP contribution in [0.1, 0.15) is 20.3 Å². The van der Waals surface area contributed by atoms with Crippen LogP contribution in [0, 0.1) is 5.92 Å². The third-order valence-electron chi connectivity index (χ3n) is 2.12. The maximum atomic E-state index is 10.5. The number of nitrogens with one attached hydrogen (secondary N) is 2. The van der Waals surface area contributed by atoms with Crippen molar-refractivity contribution in [2.45, 2.75) is 26.3 Å². The van der Waals surface area contributed by atoms with Crippen molar-refractivity contribution < 1.29 is 19.8 Å². The van der Waals surface area contributed by atoms with E-state index in [9.17, 15) is 9.59 Å². The van der Waals surface area contributed by atoms with Crippen LogP contribution in [0.3, 0.4) is 0 Å². The first-order chi connectivity index (χ1) is 7.40. The number of carboxylic acid groups (broad SMARTS) is 2. The summed E-state index contributed by atoms with van der Waals surface area (Å²) < 4.78 is 0. The van der Waals surface area contributed by atoms with Crippen molar-refractivity contribution in [2.75, 3.05) is 20.6 Å². The van der Waals surface area contributed by atoms with Gasteiger partial charge in [-0.2, -0.15) is 0 Å². The van der Waals surface area contributed by atoms with Gasteiger partial charge in [-0.3, -0.25) is 9.59 Å². The number of hydrogen-bond acceptors (Lipinski definition) is 4. The molecule has 0 bridgehead atoms. The summed E-state index contributed by atoms with van der Waals surface area (Å²) in [6.45, 7) is 3.95. The van der Waals surface area contributed by atoms with Crippen LogP contribution in [-0.4, -0.2) is 48.8 Å². The molecule has 0 aromatic rings. The number of carbonyl (C=O) groups is 2. The lowest BCUT2D eigenvalue weighted by Gasteiger charge is -2.16. The Balaban J connectivity index is 0. The average molecular weight is 234 g/mol. The highest BCUT2D eigenvalue weighted by molar-refractivity contribution is 5.73. The van der Waals surface area contributed by atoms with Crippen LogP contribution in [0.4, 0.5) is 0 Å². The molecule has 0 saturated heterocycles. The van der Waals surface area contributed by atoms with Crippen LogP contribution in [0.2, 0.25) is 0 Å². The monoisotopic (exact) mass is 234 g/mol. The van der Waals surface area contributed by atoms with Gasteiger partial charge < -0.3 is 20.8 Å². The van der Waals surface area contributed by atoms with E-state index in [2.05, 4.69) is 10.6 Å². The van der Waals surface area contributed by atoms with Gasteiger partial charge in [0.1, 0.15) is 6.04 Å². The Morgan fingerprint density at radius 3 is 1.81 bits per heavy atom. The van der Waals surface area contributed by atoms with Gasteiger partial charge in [-0.1, -0.05) is 20.3 Å². The summed E-state index contributed by atoms with van der Waals surface area (Å²) >= 11 is 0. The van der Waals surface area contributed by atoms with Crippen LogP contribution < -0.4 is 10.6 Å². The summed E-state index contributed by atoms with van der Waals surface area (Å²) in [5.74, 6) is -1.39. The summed E-state index contributed by atoms with van der Waals surface area (Å²) in [5.41, 5.74) is 0. The smallest absolute Gasteiger partial charge is 0.320 e. The number of aliphatic carboxylic acids is 2. The van der Waals surface area contributed by atoms with Gasteiger partial charge in [-0.25, -0.2) is 0 Å². The summed E-state index contributed by atoms with van der Waals surface area (Å²) in [7, 11) is 3.26. The Morgan fingerprint density at radius 1 is 1.25 bits per heavy atom. The molecular weight excluding hydrogens is 212 g/mol. The van der Waals surface area contributed by atoms with Crippen molar-refractivity contribution in [3.63, 3.8) is 0 Å². The van der Waals surface area contributed by atoms with E-state index in [1.54, 1.807) is 14.1 Å². The van der Waals surface area contributed by atoms with Gasteiger partial charge in [-0.05, 0) is 20.0 Å². The molecule has 6 nitrogen and oxygen atoms in total. The fourth-order valence-electron chi connectivity index (χ4n) is 1.04. The van der Waals surface area contributed by atoms with Crippen LogP contribution >= 0.6 is 0 Å². The zero-order valence-corrected chi connectivity index (χ0v) is 10.3. The number of likely N-dealkylation sites (N-methyl/N-ethyl adjacent to an activating group) is 2. The summed E-state index contributed by atoms with van der Waals surface area (Å²) in [6, 6.07) is -0.398. The highest BCUT2D eigenvalue weighted by Crippen LogP contribution is 2.06. The molecule has 0 fully saturated rings.